The van der Waals surface area contributed by atoms with Crippen molar-refractivity contribution in [3.8, 4) is 0 Å². The van der Waals surface area contributed by atoms with E-state index in [1.54, 1.807) is 0 Å². The van der Waals surface area contributed by atoms with Crippen LogP contribution in [0.4, 0.5) is 5.69 Å². The van der Waals surface area contributed by atoms with Gasteiger partial charge in [-0.25, -0.2) is 0 Å². The van der Waals surface area contributed by atoms with Gasteiger partial charge in [-0.2, -0.15) is 0 Å². The van der Waals surface area contributed by atoms with Gasteiger partial charge in [0.15, 0.2) is 5.58 Å². The van der Waals surface area contributed by atoms with Crippen LogP contribution in [-0.2, 0) is 0 Å². The predicted molar refractivity (Wildman–Crippen MR) is 101 cm³/mol. The fourth-order valence-electron chi connectivity index (χ4n) is 3.51. The molecule has 3 heteroatoms. The second kappa shape index (κ2) is 5.30. The van der Waals surface area contributed by atoms with Gasteiger partial charge in [0.1, 0.15) is 11.7 Å². The summed E-state index contributed by atoms with van der Waals surface area (Å²) in [6, 6.07) is 11.0. The Morgan fingerprint density at radius 3 is 2.50 bits per heavy atom. The number of furan rings is 1. The molecule has 1 aliphatic heterocycles. The number of benzene rings is 2. The molecule has 124 valence electrons. The Bertz CT molecular complexity index is 951. The van der Waals surface area contributed by atoms with Gasteiger partial charge in [0.05, 0.1) is 5.69 Å². The highest BCUT2D eigenvalue weighted by Crippen LogP contribution is 2.40. The molecule has 0 bridgehead atoms. The molecule has 1 aromatic heterocycles. The normalized spacial score (nSPS) is 17.8. The maximum absolute atomic E-state index is 6.30. The Hall–Kier alpha value is -2.42. The molecule has 1 atom stereocenters. The minimum atomic E-state index is 0.286. The third-order valence-electron chi connectivity index (χ3n) is 5.22. The molecule has 3 nitrogen and oxygen atoms in total. The largest absolute Gasteiger partial charge is 0.454 e. The number of fused-ring (bicyclic) bond motifs is 3. The summed E-state index contributed by atoms with van der Waals surface area (Å²) in [5.41, 5.74) is 5.70. The van der Waals surface area contributed by atoms with E-state index < -0.39 is 0 Å². The molecule has 4 rings (SSSR count). The summed E-state index contributed by atoms with van der Waals surface area (Å²) in [4.78, 5) is 4.50. The van der Waals surface area contributed by atoms with E-state index in [1.165, 1.54) is 27.6 Å². The lowest BCUT2D eigenvalue weighted by Gasteiger charge is -2.28. The van der Waals surface area contributed by atoms with Crippen LogP contribution < -0.4 is 4.90 Å². The van der Waals surface area contributed by atoms with Gasteiger partial charge in [-0.05, 0) is 43.0 Å². The zero-order valence-electron chi connectivity index (χ0n) is 15.0. The van der Waals surface area contributed by atoms with Gasteiger partial charge in [-0.3, -0.25) is 0 Å². The summed E-state index contributed by atoms with van der Waals surface area (Å²) in [6.45, 7) is 8.81. The van der Waals surface area contributed by atoms with Gasteiger partial charge in [0.25, 0.3) is 0 Å². The molecule has 0 saturated heterocycles. The van der Waals surface area contributed by atoms with Crippen LogP contribution in [0.2, 0.25) is 0 Å². The second-order valence-electron chi connectivity index (χ2n) is 7.12. The fourth-order valence-corrected chi connectivity index (χ4v) is 3.51. The fraction of sp³-hybridized carbons (Fsp3) is 0.333. The van der Waals surface area contributed by atoms with Crippen molar-refractivity contribution in [3.05, 3.63) is 53.9 Å². The van der Waals surface area contributed by atoms with Crippen molar-refractivity contribution in [1.82, 2.24) is 4.90 Å². The molecule has 0 N–H and O–H groups in total. The first kappa shape index (κ1) is 15.1. The predicted octanol–water partition coefficient (Wildman–Crippen LogP) is 5.59. The van der Waals surface area contributed by atoms with Crippen LogP contribution in [0.15, 0.2) is 47.1 Å². The molecular formula is C21H24N2O. The maximum Gasteiger partial charge on any atom is 0.159 e. The average Bonchev–Trinajstić information content (AvgIpc) is 3.08. The minimum Gasteiger partial charge on any atom is -0.454 e. The summed E-state index contributed by atoms with van der Waals surface area (Å²) in [6.07, 6.45) is 4.54. The summed E-state index contributed by atoms with van der Waals surface area (Å²) >= 11 is 0. The third-order valence-corrected chi connectivity index (χ3v) is 5.22. The SMILES string of the molecule is Cc1ccc2c(oc3ccc(C(C)C)cc32)c1N1C=CN(C)[C@@H]1C. The van der Waals surface area contributed by atoms with Crippen molar-refractivity contribution in [1.29, 1.82) is 0 Å². The smallest absolute Gasteiger partial charge is 0.159 e. The lowest BCUT2D eigenvalue weighted by molar-refractivity contribution is 0.383. The Morgan fingerprint density at radius 1 is 1.04 bits per heavy atom. The zero-order chi connectivity index (χ0) is 17.0. The molecule has 1 aliphatic rings. The van der Waals surface area contributed by atoms with Crippen LogP contribution in [0.1, 0.15) is 37.8 Å². The summed E-state index contributed by atoms with van der Waals surface area (Å²) in [7, 11) is 2.10. The molecule has 0 aliphatic carbocycles. The van der Waals surface area contributed by atoms with Crippen molar-refractivity contribution in [2.75, 3.05) is 11.9 Å². The Labute approximate surface area is 143 Å². The summed E-state index contributed by atoms with van der Waals surface area (Å²) in [5, 5.41) is 2.41. The van der Waals surface area contributed by atoms with Crippen molar-refractivity contribution in [2.45, 2.75) is 39.8 Å². The average molecular weight is 320 g/mol. The van der Waals surface area contributed by atoms with Crippen LogP contribution >= 0.6 is 0 Å². The standard InChI is InChI=1S/C21H24N2O/c1-13(2)16-7-9-19-18(12-16)17-8-6-14(3)20(21(17)24-19)23-11-10-22(5)15(23)4/h6-13,15H,1-5H3/t15-/m0/s1. The number of anilines is 1. The highest BCUT2D eigenvalue weighted by atomic mass is 16.3. The third kappa shape index (κ3) is 2.11. The van der Waals surface area contributed by atoms with Gasteiger partial charge < -0.3 is 14.2 Å². The second-order valence-corrected chi connectivity index (χ2v) is 7.12. The minimum absolute atomic E-state index is 0.286. The maximum atomic E-state index is 6.30. The molecular weight excluding hydrogens is 296 g/mol. The van der Waals surface area contributed by atoms with Crippen LogP contribution in [0.25, 0.3) is 21.9 Å². The number of hydrogen-bond acceptors (Lipinski definition) is 3. The van der Waals surface area contributed by atoms with Crippen LogP contribution in [-0.4, -0.2) is 18.1 Å². The van der Waals surface area contributed by atoms with E-state index in [-0.39, 0.29) is 6.17 Å². The van der Waals surface area contributed by atoms with Gasteiger partial charge in [0, 0.05) is 30.2 Å². The molecule has 24 heavy (non-hydrogen) atoms. The molecule has 3 aromatic rings. The first-order valence-electron chi connectivity index (χ1n) is 8.61. The van der Waals surface area contributed by atoms with Crippen molar-refractivity contribution >= 4 is 27.6 Å². The van der Waals surface area contributed by atoms with Crippen LogP contribution in [0.3, 0.4) is 0 Å². The highest BCUT2D eigenvalue weighted by molar-refractivity contribution is 6.10. The van der Waals surface area contributed by atoms with Crippen LogP contribution in [0.5, 0.6) is 0 Å². The highest BCUT2D eigenvalue weighted by Gasteiger charge is 2.25. The van der Waals surface area contributed by atoms with E-state index in [1.807, 2.05) is 0 Å². The summed E-state index contributed by atoms with van der Waals surface area (Å²) in [5.74, 6) is 0.513. The van der Waals surface area contributed by atoms with Gasteiger partial charge in [-0.1, -0.05) is 32.0 Å². The molecule has 0 unspecified atom stereocenters. The Morgan fingerprint density at radius 2 is 1.83 bits per heavy atom. The Balaban J connectivity index is 1.99. The topological polar surface area (TPSA) is 19.6 Å². The number of aryl methyl sites for hydroxylation is 1. The van der Waals surface area contributed by atoms with Gasteiger partial charge >= 0.3 is 0 Å². The molecule has 2 aromatic carbocycles. The molecule has 0 spiro atoms. The number of rotatable bonds is 2. The summed E-state index contributed by atoms with van der Waals surface area (Å²) < 4.78 is 6.30. The van der Waals surface area contributed by atoms with E-state index >= 15 is 0 Å². The van der Waals surface area contributed by atoms with E-state index in [4.69, 9.17) is 4.42 Å². The van der Waals surface area contributed by atoms with Crippen molar-refractivity contribution < 1.29 is 4.42 Å². The molecule has 0 fully saturated rings. The van der Waals surface area contributed by atoms with E-state index in [0.717, 1.165) is 11.2 Å². The first-order chi connectivity index (χ1) is 11.5. The monoisotopic (exact) mass is 320 g/mol. The van der Waals surface area contributed by atoms with E-state index in [9.17, 15) is 0 Å². The first-order valence-corrected chi connectivity index (χ1v) is 8.61. The van der Waals surface area contributed by atoms with E-state index in [2.05, 4.69) is 87.3 Å². The zero-order valence-corrected chi connectivity index (χ0v) is 15.0. The molecule has 0 saturated carbocycles. The van der Waals surface area contributed by atoms with Crippen molar-refractivity contribution in [3.63, 3.8) is 0 Å². The quantitative estimate of drug-likeness (QED) is 0.614. The number of hydrogen-bond donors (Lipinski definition) is 0. The molecule has 0 amide bonds. The Kier molecular flexibility index (Phi) is 3.34. The lowest BCUT2D eigenvalue weighted by atomic mass is 10.00. The molecule has 2 heterocycles. The van der Waals surface area contributed by atoms with Crippen LogP contribution in [0, 0.1) is 6.92 Å². The van der Waals surface area contributed by atoms with Gasteiger partial charge in [-0.15, -0.1) is 0 Å². The van der Waals surface area contributed by atoms with E-state index in [0.29, 0.717) is 5.92 Å². The lowest BCUT2D eigenvalue weighted by Crippen LogP contribution is -2.33. The van der Waals surface area contributed by atoms with Crippen molar-refractivity contribution in [2.24, 2.45) is 0 Å². The molecule has 0 radical (unpaired) electrons. The number of nitrogens with zero attached hydrogens (tertiary/aromatic N) is 2. The van der Waals surface area contributed by atoms with Gasteiger partial charge in [0.2, 0.25) is 0 Å².